The second-order valence-electron chi connectivity index (χ2n) is 9.87. The smallest absolute Gasteiger partial charge is 0.370 e. The van der Waals surface area contributed by atoms with Gasteiger partial charge in [-0.2, -0.15) is 23.3 Å². The highest BCUT2D eigenvalue weighted by atomic mass is 19.4. The average Bonchev–Trinajstić information content (AvgIpc) is 3.49. The van der Waals surface area contributed by atoms with Gasteiger partial charge in [-0.25, -0.2) is 9.97 Å². The molecule has 3 aromatic heterocycles. The lowest BCUT2D eigenvalue weighted by Crippen LogP contribution is -2.40. The van der Waals surface area contributed by atoms with E-state index in [0.717, 1.165) is 35.0 Å². The zero-order valence-electron chi connectivity index (χ0n) is 19.2. The lowest BCUT2D eigenvalue weighted by Gasteiger charge is -2.37. The molecule has 6 rings (SSSR count). The van der Waals surface area contributed by atoms with Crippen molar-refractivity contribution in [2.75, 3.05) is 24.6 Å². The summed E-state index contributed by atoms with van der Waals surface area (Å²) in [5, 5.41) is 5.24. The van der Waals surface area contributed by atoms with Gasteiger partial charge >= 0.3 is 6.18 Å². The molecule has 180 valence electrons. The first-order chi connectivity index (χ1) is 16.3. The van der Waals surface area contributed by atoms with E-state index in [1.165, 1.54) is 0 Å². The molecule has 0 unspecified atom stereocenters. The Balaban J connectivity index is 1.32. The zero-order chi connectivity index (χ0) is 23.6. The number of aryl methyl sites for hydroxylation is 2. The Morgan fingerprint density at radius 2 is 1.88 bits per heavy atom. The van der Waals surface area contributed by atoms with Crippen molar-refractivity contribution in [3.63, 3.8) is 0 Å². The van der Waals surface area contributed by atoms with Gasteiger partial charge in [-0.1, -0.05) is 0 Å². The van der Waals surface area contributed by atoms with Crippen LogP contribution in [0.3, 0.4) is 0 Å². The fraction of sp³-hybridized carbons (Fsp3) is 0.583. The summed E-state index contributed by atoms with van der Waals surface area (Å²) < 4.78 is 47.6. The monoisotopic (exact) mass is 472 g/mol. The number of halogens is 3. The highest BCUT2D eigenvalue weighted by Gasteiger charge is 2.49. The molecule has 0 bridgehead atoms. The summed E-state index contributed by atoms with van der Waals surface area (Å²) in [6, 6.07) is 2.46. The molecule has 1 aliphatic heterocycles. The van der Waals surface area contributed by atoms with Gasteiger partial charge in [0.05, 0.1) is 37.0 Å². The summed E-state index contributed by atoms with van der Waals surface area (Å²) in [6.07, 6.45) is 2.05. The number of ether oxygens (including phenoxy) is 1. The van der Waals surface area contributed by atoms with E-state index in [-0.39, 0.29) is 24.9 Å². The molecule has 0 amide bonds. The van der Waals surface area contributed by atoms with Crippen LogP contribution in [0.25, 0.3) is 11.0 Å². The van der Waals surface area contributed by atoms with E-state index in [4.69, 9.17) is 14.7 Å². The van der Waals surface area contributed by atoms with Crippen molar-refractivity contribution in [1.29, 1.82) is 0 Å². The fourth-order valence-corrected chi connectivity index (χ4v) is 4.91. The first-order valence-electron chi connectivity index (χ1n) is 11.9. The molecule has 1 atom stereocenters. The van der Waals surface area contributed by atoms with Gasteiger partial charge in [-0.05, 0) is 51.2 Å². The summed E-state index contributed by atoms with van der Waals surface area (Å²) >= 11 is 0. The number of aromatic nitrogens is 5. The summed E-state index contributed by atoms with van der Waals surface area (Å²) in [5.74, 6) is -0.994. The Bertz CT molecular complexity index is 1230. The first kappa shape index (κ1) is 21.8. The normalized spacial score (nSPS) is 25.6. The summed E-state index contributed by atoms with van der Waals surface area (Å²) in [6.45, 7) is 5.55. The van der Waals surface area contributed by atoms with Crippen molar-refractivity contribution in [1.82, 2.24) is 24.7 Å². The SMILES string of the molecule is Cc1cc2c(nc(N3CCO[C@@H](c4cnn(C5CC5)c4)C3)nc2[C@H]2C[C@H](C(F)(F)F)C2)nc1C. The van der Waals surface area contributed by atoms with Crippen molar-refractivity contribution < 1.29 is 17.9 Å². The van der Waals surface area contributed by atoms with Crippen LogP contribution in [-0.4, -0.2) is 50.6 Å². The largest absolute Gasteiger partial charge is 0.391 e. The molecule has 3 aromatic rings. The minimum atomic E-state index is -4.16. The molecule has 0 spiro atoms. The topological polar surface area (TPSA) is 69.0 Å². The maximum Gasteiger partial charge on any atom is 0.391 e. The van der Waals surface area contributed by atoms with Crippen LogP contribution in [0.4, 0.5) is 19.1 Å². The molecule has 10 heteroatoms. The zero-order valence-corrected chi connectivity index (χ0v) is 19.2. The first-order valence-corrected chi connectivity index (χ1v) is 11.9. The van der Waals surface area contributed by atoms with Crippen molar-refractivity contribution >= 4 is 17.0 Å². The third-order valence-corrected chi connectivity index (χ3v) is 7.40. The van der Waals surface area contributed by atoms with E-state index in [0.29, 0.717) is 43.0 Å². The Morgan fingerprint density at radius 3 is 2.62 bits per heavy atom. The van der Waals surface area contributed by atoms with Crippen LogP contribution in [-0.2, 0) is 4.74 Å². The molecular formula is C24H27F3N6O. The second-order valence-corrected chi connectivity index (χ2v) is 9.87. The minimum absolute atomic E-state index is 0.0636. The third kappa shape index (κ3) is 3.91. The van der Waals surface area contributed by atoms with Crippen molar-refractivity contribution in [2.24, 2.45) is 5.92 Å². The number of fused-ring (bicyclic) bond motifs is 1. The van der Waals surface area contributed by atoms with Crippen molar-refractivity contribution in [2.45, 2.75) is 63.8 Å². The summed E-state index contributed by atoms with van der Waals surface area (Å²) in [4.78, 5) is 16.3. The van der Waals surface area contributed by atoms with E-state index in [9.17, 15) is 13.2 Å². The molecule has 1 saturated heterocycles. The van der Waals surface area contributed by atoms with Gasteiger partial charge in [-0.3, -0.25) is 4.68 Å². The minimum Gasteiger partial charge on any atom is -0.370 e. The highest BCUT2D eigenvalue weighted by Crippen LogP contribution is 2.50. The lowest BCUT2D eigenvalue weighted by molar-refractivity contribution is -0.197. The van der Waals surface area contributed by atoms with Gasteiger partial charge in [0.2, 0.25) is 5.95 Å². The number of hydrogen-bond acceptors (Lipinski definition) is 6. The van der Waals surface area contributed by atoms with Gasteiger partial charge < -0.3 is 9.64 Å². The molecular weight excluding hydrogens is 445 g/mol. The van der Waals surface area contributed by atoms with Crippen LogP contribution in [0, 0.1) is 19.8 Å². The molecule has 2 aliphatic carbocycles. The van der Waals surface area contributed by atoms with Gasteiger partial charge in [0, 0.05) is 35.3 Å². The summed E-state index contributed by atoms with van der Waals surface area (Å²) in [5.41, 5.74) is 4.09. The van der Waals surface area contributed by atoms with Crippen LogP contribution in [0.15, 0.2) is 18.5 Å². The summed E-state index contributed by atoms with van der Waals surface area (Å²) in [7, 11) is 0. The van der Waals surface area contributed by atoms with Gasteiger partial charge in [0.15, 0.2) is 5.65 Å². The van der Waals surface area contributed by atoms with Crippen molar-refractivity contribution in [3.8, 4) is 0 Å². The second kappa shape index (κ2) is 7.90. The van der Waals surface area contributed by atoms with Crippen LogP contribution in [0.2, 0.25) is 0 Å². The molecule has 3 fully saturated rings. The number of pyridine rings is 1. The standard InChI is InChI=1S/C24H27F3N6O/c1-13-7-19-21(15-8-17(9-15)24(25,26)27)30-23(31-22(19)29-14(13)2)32-5-6-34-20(12-32)16-10-28-33(11-16)18-3-4-18/h7,10-11,15,17-18,20H,3-6,8-9,12H2,1-2H3/t15-,17-,20-/m1/s1. The number of rotatable bonds is 4. The van der Waals surface area contributed by atoms with Crippen LogP contribution in [0.5, 0.6) is 0 Å². The van der Waals surface area contributed by atoms with E-state index >= 15 is 0 Å². The Morgan fingerprint density at radius 1 is 1.09 bits per heavy atom. The van der Waals surface area contributed by atoms with E-state index in [1.807, 2.05) is 30.8 Å². The van der Waals surface area contributed by atoms with Crippen molar-refractivity contribution in [3.05, 3.63) is 41.0 Å². The number of nitrogens with zero attached hydrogens (tertiary/aromatic N) is 6. The predicted molar refractivity (Wildman–Crippen MR) is 120 cm³/mol. The Labute approximate surface area is 195 Å². The van der Waals surface area contributed by atoms with Gasteiger partial charge in [0.1, 0.15) is 6.10 Å². The third-order valence-electron chi connectivity index (χ3n) is 7.40. The Hall–Kier alpha value is -2.75. The molecule has 3 aliphatic rings. The molecule has 0 radical (unpaired) electrons. The van der Waals surface area contributed by atoms with E-state index in [1.54, 1.807) is 0 Å². The molecule has 0 aromatic carbocycles. The van der Waals surface area contributed by atoms with E-state index in [2.05, 4.69) is 21.2 Å². The highest BCUT2D eigenvalue weighted by molar-refractivity contribution is 5.80. The number of alkyl halides is 3. The Kier molecular flexibility index (Phi) is 5.05. The number of hydrogen-bond donors (Lipinski definition) is 0. The number of morpholine rings is 1. The van der Waals surface area contributed by atoms with Gasteiger partial charge in [-0.15, -0.1) is 0 Å². The molecule has 7 nitrogen and oxygen atoms in total. The van der Waals surface area contributed by atoms with E-state index < -0.39 is 12.1 Å². The van der Waals surface area contributed by atoms with Gasteiger partial charge in [0.25, 0.3) is 0 Å². The van der Waals surface area contributed by atoms with Crippen LogP contribution >= 0.6 is 0 Å². The number of anilines is 1. The molecule has 4 heterocycles. The van der Waals surface area contributed by atoms with Crippen LogP contribution in [0.1, 0.15) is 66.3 Å². The van der Waals surface area contributed by atoms with Crippen LogP contribution < -0.4 is 4.90 Å². The predicted octanol–water partition coefficient (Wildman–Crippen LogP) is 4.81. The average molecular weight is 473 g/mol. The maximum absolute atomic E-state index is 13.2. The lowest BCUT2D eigenvalue weighted by atomic mass is 9.72. The molecule has 0 N–H and O–H groups in total. The quantitative estimate of drug-likeness (QED) is 0.543. The maximum atomic E-state index is 13.2. The molecule has 34 heavy (non-hydrogen) atoms. The fourth-order valence-electron chi connectivity index (χ4n) is 4.91. The molecule has 2 saturated carbocycles.